The molecule has 0 fully saturated rings. The summed E-state index contributed by atoms with van der Waals surface area (Å²) < 4.78 is 5.20. The number of amides is 2. The molecule has 0 aliphatic carbocycles. The molecule has 0 saturated heterocycles. The van der Waals surface area contributed by atoms with Gasteiger partial charge in [-0.3, -0.25) is 29.1 Å². The minimum atomic E-state index is -1.20. The van der Waals surface area contributed by atoms with E-state index in [2.05, 4.69) is 34.8 Å². The fourth-order valence-corrected chi connectivity index (χ4v) is 8.28. The third-order valence-corrected chi connectivity index (χ3v) is 11.7. The summed E-state index contributed by atoms with van der Waals surface area (Å²) in [4.78, 5) is 78.6. The topological polar surface area (TPSA) is 221 Å². The molecule has 16 heteroatoms. The Balaban J connectivity index is 0.00000704. The molecule has 5 atom stereocenters. The molecule has 2 aliphatic rings. The molecule has 0 radical (unpaired) electrons. The maximum atomic E-state index is 14.2. The standard InChI is InChI=1S/C45H56N8O7.Pd/c1-8-29-23(2)32-20-37-41(27(6)55)25(4)34(51-37)18-33-24(3)30(12-13-39(57)48-16-15-47-38-11-9-10-14-46-38)43(52-33)31(17-40(58)60-7)44-42(45(59)49-21-28(56)22-54)26(5)35(53-44)19-36(29)50-32;/h9-11,14,18-20,23-24,28-30,54,56H,8,12-13,15-17,21-22H2,1-7H3,(H5,46,47,48,49,50,51,52,53,55,57,59);/q;+2/p-2/t23-,24+,28?,29-,30+;/m1./s1. The molecule has 5 N–H and O–H groups in total. The van der Waals surface area contributed by atoms with Crippen LogP contribution in [0.3, 0.4) is 0 Å². The van der Waals surface area contributed by atoms with E-state index in [1.807, 2.05) is 50.2 Å². The van der Waals surface area contributed by atoms with Crippen LogP contribution in [0, 0.1) is 13.8 Å². The van der Waals surface area contributed by atoms with Gasteiger partial charge in [0, 0.05) is 89.8 Å². The minimum Gasteiger partial charge on any atom is -0.657 e. The first-order valence-electron chi connectivity index (χ1n) is 20.5. The second-order valence-electron chi connectivity index (χ2n) is 15.6. The molecule has 2 aliphatic heterocycles. The van der Waals surface area contributed by atoms with Crippen LogP contribution in [0.15, 0.2) is 42.6 Å². The summed E-state index contributed by atoms with van der Waals surface area (Å²) in [5.74, 6) is -1.50. The number of pyridine rings is 1. The van der Waals surface area contributed by atoms with Crippen LogP contribution in [0.1, 0.15) is 131 Å². The van der Waals surface area contributed by atoms with Crippen LogP contribution in [0.4, 0.5) is 5.82 Å². The molecule has 4 aromatic rings. The van der Waals surface area contributed by atoms with Gasteiger partial charge in [0.2, 0.25) is 11.8 Å². The van der Waals surface area contributed by atoms with Crippen molar-refractivity contribution in [1.29, 1.82) is 0 Å². The van der Waals surface area contributed by atoms with Gasteiger partial charge in [-0.1, -0.05) is 56.2 Å². The van der Waals surface area contributed by atoms with Gasteiger partial charge in [-0.15, -0.1) is 22.1 Å². The Bertz CT molecular complexity index is 2430. The molecule has 2 amide bonds. The summed E-state index contributed by atoms with van der Waals surface area (Å²) in [6, 6.07) is 11.1. The Labute approximate surface area is 369 Å². The van der Waals surface area contributed by atoms with Crippen molar-refractivity contribution in [3.63, 3.8) is 0 Å². The zero-order valence-electron chi connectivity index (χ0n) is 35.6. The number of hydrogen-bond donors (Lipinski definition) is 5. The van der Waals surface area contributed by atoms with Crippen molar-refractivity contribution in [3.8, 4) is 0 Å². The molecule has 6 heterocycles. The number of ether oxygens (including phenoxy) is 1. The van der Waals surface area contributed by atoms with E-state index in [0.29, 0.717) is 75.5 Å². The number of fused-ring (bicyclic) bond motifs is 8. The third-order valence-electron chi connectivity index (χ3n) is 11.7. The molecule has 15 nitrogen and oxygen atoms in total. The molecule has 4 aromatic heterocycles. The van der Waals surface area contributed by atoms with Crippen LogP contribution < -0.4 is 25.9 Å². The number of Topliss-reactive ketones (excluding diaryl/α,β-unsaturated/α-hetero) is 1. The molecule has 6 rings (SSSR count). The van der Waals surface area contributed by atoms with E-state index in [1.165, 1.54) is 14.0 Å². The summed E-state index contributed by atoms with van der Waals surface area (Å²) in [6.07, 6.45) is 1.41. The van der Waals surface area contributed by atoms with E-state index in [-0.39, 0.29) is 80.3 Å². The third kappa shape index (κ3) is 10.3. The van der Waals surface area contributed by atoms with E-state index in [9.17, 15) is 29.4 Å². The summed E-state index contributed by atoms with van der Waals surface area (Å²) in [5.41, 5.74) is 6.62. The predicted octanol–water partition coefficient (Wildman–Crippen LogP) is 4.78. The maximum Gasteiger partial charge on any atom is 2.00 e. The SMILES string of the molecule is CC[C@H]1c2cc3[n-]c(c(CC(=O)OC)c4nc(cc5[n-]c(cc(n2)[C@@H]1C)c(C(C)=O)c5C)[C@@H](C)[C@@H]4CCC(=O)NCCNc1ccccn1)c(C(=O)NCC(O)CO)c3C.[Pd+2]. The van der Waals surface area contributed by atoms with Crippen LogP contribution >= 0.6 is 0 Å². The minimum absolute atomic E-state index is 0. The number of aliphatic hydroxyl groups excluding tert-OH is 2. The fourth-order valence-electron chi connectivity index (χ4n) is 8.28. The van der Waals surface area contributed by atoms with Crippen molar-refractivity contribution in [2.45, 2.75) is 97.0 Å². The molecule has 0 saturated carbocycles. The number of aryl methyl sites for hydroxylation is 2. The van der Waals surface area contributed by atoms with E-state index < -0.39 is 30.5 Å². The van der Waals surface area contributed by atoms with Crippen LogP contribution in [0.25, 0.3) is 22.1 Å². The molecular formula is C45H54N8O7Pd. The monoisotopic (exact) mass is 924 g/mol. The van der Waals surface area contributed by atoms with Gasteiger partial charge in [-0.25, -0.2) is 4.98 Å². The number of rotatable bonds is 15. The quantitative estimate of drug-likeness (QED) is 0.0470. The number of carbonyl (C=O) groups excluding carboxylic acids is 4. The number of aliphatic hydroxyl groups is 2. The van der Waals surface area contributed by atoms with E-state index in [0.717, 1.165) is 17.8 Å². The van der Waals surface area contributed by atoms with Gasteiger partial charge in [0.1, 0.15) is 5.82 Å². The molecule has 1 unspecified atom stereocenters. The van der Waals surface area contributed by atoms with Gasteiger partial charge in [0.15, 0.2) is 5.78 Å². The Morgan fingerprint density at radius 2 is 1.56 bits per heavy atom. The predicted molar refractivity (Wildman–Crippen MR) is 227 cm³/mol. The van der Waals surface area contributed by atoms with Gasteiger partial charge in [0.05, 0.1) is 26.2 Å². The number of esters is 1. The molecule has 8 bridgehead atoms. The van der Waals surface area contributed by atoms with Crippen LogP contribution in [0.5, 0.6) is 0 Å². The zero-order valence-corrected chi connectivity index (χ0v) is 37.1. The first-order valence-corrected chi connectivity index (χ1v) is 20.5. The Morgan fingerprint density at radius 1 is 0.885 bits per heavy atom. The fraction of sp³-hybridized carbons (Fsp3) is 0.444. The van der Waals surface area contributed by atoms with Crippen molar-refractivity contribution < 1.29 is 54.6 Å². The van der Waals surface area contributed by atoms with Crippen molar-refractivity contribution in [2.75, 3.05) is 38.7 Å². The normalized spacial score (nSPS) is 17.5. The smallest absolute Gasteiger partial charge is 0.657 e. The molecule has 326 valence electrons. The van der Waals surface area contributed by atoms with E-state index in [4.69, 9.17) is 24.7 Å². The molecule has 0 aromatic carbocycles. The van der Waals surface area contributed by atoms with Crippen molar-refractivity contribution in [1.82, 2.24) is 35.6 Å². The van der Waals surface area contributed by atoms with Crippen LogP contribution in [-0.2, 0) is 41.2 Å². The summed E-state index contributed by atoms with van der Waals surface area (Å²) >= 11 is 0. The number of nitrogens with zero attached hydrogens (tertiary/aromatic N) is 5. The number of hydrogen-bond acceptors (Lipinski definition) is 11. The van der Waals surface area contributed by atoms with Crippen LogP contribution in [-0.4, -0.2) is 88.2 Å². The first kappa shape index (κ1) is 46.8. The van der Waals surface area contributed by atoms with E-state index in [1.54, 1.807) is 13.1 Å². The Kier molecular flexibility index (Phi) is 15.7. The van der Waals surface area contributed by atoms with Crippen molar-refractivity contribution >= 4 is 51.5 Å². The second kappa shape index (κ2) is 20.5. The average Bonchev–Trinajstić information content (AvgIpc) is 3.92. The van der Waals surface area contributed by atoms with Gasteiger partial charge in [0.25, 0.3) is 0 Å². The molecular weight excluding hydrogens is 871 g/mol. The number of methoxy groups -OCH3 is 1. The molecule has 0 spiro atoms. The van der Waals surface area contributed by atoms with Crippen molar-refractivity contribution in [2.24, 2.45) is 0 Å². The maximum absolute atomic E-state index is 14.2. The van der Waals surface area contributed by atoms with Crippen molar-refractivity contribution in [3.05, 3.63) is 93.2 Å². The van der Waals surface area contributed by atoms with Gasteiger partial charge >= 0.3 is 26.4 Å². The summed E-state index contributed by atoms with van der Waals surface area (Å²) in [5, 5.41) is 28.5. The number of nitrogens with one attached hydrogen (secondary N) is 3. The number of ketones is 1. The largest absolute Gasteiger partial charge is 2.00 e. The first-order chi connectivity index (χ1) is 28.8. The average molecular weight is 925 g/mol. The Hall–Kier alpha value is -5.27. The zero-order chi connectivity index (χ0) is 43.2. The van der Waals surface area contributed by atoms with E-state index >= 15 is 0 Å². The number of aromatic nitrogens is 5. The van der Waals surface area contributed by atoms with Crippen LogP contribution in [0.2, 0.25) is 0 Å². The van der Waals surface area contributed by atoms with Gasteiger partial charge in [-0.05, 0) is 51.3 Å². The van der Waals surface area contributed by atoms with Gasteiger partial charge < -0.3 is 40.9 Å². The number of carbonyl (C=O) groups is 4. The summed E-state index contributed by atoms with van der Waals surface area (Å²) in [7, 11) is 1.28. The molecule has 61 heavy (non-hydrogen) atoms. The Morgan fingerprint density at radius 3 is 2.23 bits per heavy atom. The number of anilines is 1. The summed E-state index contributed by atoms with van der Waals surface area (Å²) in [6.45, 7) is 11.4. The van der Waals surface area contributed by atoms with Gasteiger partial charge in [-0.2, -0.15) is 0 Å². The second-order valence-corrected chi connectivity index (χ2v) is 15.6.